The lowest BCUT2D eigenvalue weighted by molar-refractivity contribution is -0.137. The molecule has 2 atom stereocenters. The first-order valence-electron chi connectivity index (χ1n) is 13.5. The van der Waals surface area contributed by atoms with Crippen LogP contribution in [0.5, 0.6) is 0 Å². The van der Waals surface area contributed by atoms with Crippen LogP contribution in [0.25, 0.3) is 11.3 Å². The third kappa shape index (κ3) is 6.64. The Hall–Kier alpha value is -3.65. The third-order valence-corrected chi connectivity index (χ3v) is 9.51. The van der Waals surface area contributed by atoms with Crippen molar-refractivity contribution in [2.45, 2.75) is 61.8 Å². The lowest BCUT2D eigenvalue weighted by Crippen LogP contribution is -2.45. The summed E-state index contributed by atoms with van der Waals surface area (Å²) >= 11 is 0. The van der Waals surface area contributed by atoms with Crippen molar-refractivity contribution in [1.82, 2.24) is 14.6 Å². The van der Waals surface area contributed by atoms with E-state index < -0.39 is 63.3 Å². The van der Waals surface area contributed by atoms with Crippen LogP contribution in [0.15, 0.2) is 65.6 Å². The van der Waals surface area contributed by atoms with Gasteiger partial charge in [0.15, 0.2) is 0 Å². The fourth-order valence-electron chi connectivity index (χ4n) is 5.38. The summed E-state index contributed by atoms with van der Waals surface area (Å²) in [5.41, 5.74) is 0.426. The van der Waals surface area contributed by atoms with E-state index in [1.54, 1.807) is 12.1 Å². The van der Waals surface area contributed by atoms with Gasteiger partial charge in [-0.2, -0.15) is 17.5 Å². The zero-order valence-corrected chi connectivity index (χ0v) is 23.7. The van der Waals surface area contributed by atoms with Crippen molar-refractivity contribution in [3.8, 4) is 11.3 Å². The number of nitrogens with zero attached hydrogens (tertiary/aromatic N) is 3. The molecule has 14 heteroatoms. The van der Waals surface area contributed by atoms with Gasteiger partial charge in [-0.1, -0.05) is 12.1 Å². The standard InChI is InChI=1S/C29H28F6N4O3S/c1-18-3-2-12-38(18)26-14-19(13-24(37-26)20-4-6-21(7-5-20)29(33,34)35)16-36-27(40)25-15-28(31,32)17-39(25)43(41,42)23-10-8-22(30)9-11-23/h4-11,13-14,18,25H,2-3,12,15-17H2,1H3,(H,36,40)/t18?,25-/m0/s1. The number of hydrogen-bond donors (Lipinski definition) is 1. The zero-order valence-electron chi connectivity index (χ0n) is 22.9. The average molecular weight is 627 g/mol. The summed E-state index contributed by atoms with van der Waals surface area (Å²) in [6.45, 7) is 1.31. The van der Waals surface area contributed by atoms with Crippen LogP contribution >= 0.6 is 0 Å². The summed E-state index contributed by atoms with van der Waals surface area (Å²) in [4.78, 5) is 19.4. The lowest BCUT2D eigenvalue weighted by atomic mass is 10.1. The number of nitrogens with one attached hydrogen (secondary N) is 1. The molecular weight excluding hydrogens is 598 g/mol. The largest absolute Gasteiger partial charge is 0.416 e. The number of carbonyl (C=O) groups excluding carboxylic acids is 1. The maximum Gasteiger partial charge on any atom is 0.416 e. The van der Waals surface area contributed by atoms with E-state index in [1.807, 2.05) is 11.8 Å². The number of alkyl halides is 5. The first-order chi connectivity index (χ1) is 20.1. The molecule has 0 spiro atoms. The number of halogens is 6. The van der Waals surface area contributed by atoms with E-state index in [0.29, 0.717) is 33.5 Å². The number of hydrogen-bond acceptors (Lipinski definition) is 5. The van der Waals surface area contributed by atoms with E-state index in [4.69, 9.17) is 0 Å². The molecule has 2 saturated heterocycles. The van der Waals surface area contributed by atoms with E-state index >= 15 is 0 Å². The summed E-state index contributed by atoms with van der Waals surface area (Å²) in [5, 5.41) is 2.54. The average Bonchev–Trinajstić information content (AvgIpc) is 3.54. The van der Waals surface area contributed by atoms with Crippen molar-refractivity contribution in [1.29, 1.82) is 0 Å². The Labute approximate surface area is 244 Å². The first-order valence-corrected chi connectivity index (χ1v) is 15.0. The van der Waals surface area contributed by atoms with Crippen LogP contribution in [0.4, 0.5) is 32.2 Å². The molecule has 7 nitrogen and oxygen atoms in total. The lowest BCUT2D eigenvalue weighted by Gasteiger charge is -2.25. The van der Waals surface area contributed by atoms with E-state index in [2.05, 4.69) is 10.3 Å². The van der Waals surface area contributed by atoms with Crippen LogP contribution in [0.3, 0.4) is 0 Å². The smallest absolute Gasteiger partial charge is 0.354 e. The molecule has 0 aliphatic carbocycles. The van der Waals surface area contributed by atoms with Gasteiger partial charge >= 0.3 is 6.18 Å². The summed E-state index contributed by atoms with van der Waals surface area (Å²) < 4.78 is 108. The number of pyridine rings is 1. The van der Waals surface area contributed by atoms with Crippen LogP contribution < -0.4 is 10.2 Å². The van der Waals surface area contributed by atoms with Crippen molar-refractivity contribution in [2.24, 2.45) is 0 Å². The minimum absolute atomic E-state index is 0.142. The second-order valence-electron chi connectivity index (χ2n) is 10.8. The number of aromatic nitrogens is 1. The minimum atomic E-state index is -4.56. The Kier molecular flexibility index (Phi) is 8.20. The molecule has 0 radical (unpaired) electrons. The third-order valence-electron chi connectivity index (χ3n) is 7.64. The van der Waals surface area contributed by atoms with Crippen molar-refractivity contribution in [3.63, 3.8) is 0 Å². The van der Waals surface area contributed by atoms with Gasteiger partial charge in [0.2, 0.25) is 15.9 Å². The van der Waals surface area contributed by atoms with Crippen LogP contribution in [0.2, 0.25) is 0 Å². The highest BCUT2D eigenvalue weighted by Gasteiger charge is 2.53. The summed E-state index contributed by atoms with van der Waals surface area (Å²) in [7, 11) is -4.56. The fraction of sp³-hybridized carbons (Fsp3) is 0.379. The van der Waals surface area contributed by atoms with Crippen molar-refractivity contribution < 1.29 is 39.6 Å². The summed E-state index contributed by atoms with van der Waals surface area (Å²) in [6.07, 6.45) is -3.73. The highest BCUT2D eigenvalue weighted by Crippen LogP contribution is 2.37. The van der Waals surface area contributed by atoms with Gasteiger partial charge in [0.05, 0.1) is 22.7 Å². The topological polar surface area (TPSA) is 82.6 Å². The van der Waals surface area contributed by atoms with Crippen LogP contribution in [0, 0.1) is 5.82 Å². The monoisotopic (exact) mass is 626 g/mol. The van der Waals surface area contributed by atoms with Gasteiger partial charge in [-0.3, -0.25) is 4.79 Å². The van der Waals surface area contributed by atoms with Crippen molar-refractivity contribution >= 4 is 21.7 Å². The molecule has 2 aliphatic heterocycles. The second-order valence-corrected chi connectivity index (χ2v) is 12.7. The van der Waals surface area contributed by atoms with Gasteiger partial charge in [-0.15, -0.1) is 0 Å². The highest BCUT2D eigenvalue weighted by molar-refractivity contribution is 7.89. The van der Waals surface area contributed by atoms with Gasteiger partial charge in [0, 0.05) is 31.1 Å². The molecule has 0 bridgehead atoms. The first kappa shape index (κ1) is 30.8. The maximum atomic E-state index is 14.5. The number of benzene rings is 2. The van der Waals surface area contributed by atoms with Gasteiger partial charge in [0.1, 0.15) is 17.7 Å². The molecule has 0 saturated carbocycles. The number of sulfonamides is 1. The van der Waals surface area contributed by atoms with Gasteiger partial charge in [-0.05, 0) is 73.9 Å². The summed E-state index contributed by atoms with van der Waals surface area (Å²) in [5.74, 6) is -4.59. The quantitative estimate of drug-likeness (QED) is 0.345. The molecule has 2 aliphatic rings. The fourth-order valence-corrected chi connectivity index (χ4v) is 7.00. The predicted molar refractivity (Wildman–Crippen MR) is 146 cm³/mol. The second kappa shape index (κ2) is 11.5. The maximum absolute atomic E-state index is 14.5. The summed E-state index contributed by atoms with van der Waals surface area (Å²) in [6, 6.07) is 9.82. The van der Waals surface area contributed by atoms with E-state index in [1.165, 1.54) is 12.1 Å². The number of anilines is 1. The van der Waals surface area contributed by atoms with E-state index in [9.17, 15) is 39.6 Å². The Morgan fingerprint density at radius 3 is 2.35 bits per heavy atom. The molecular formula is C29H28F6N4O3S. The Morgan fingerprint density at radius 1 is 1.07 bits per heavy atom. The van der Waals surface area contributed by atoms with Gasteiger partial charge in [-0.25, -0.2) is 26.6 Å². The molecule has 1 unspecified atom stereocenters. The van der Waals surface area contributed by atoms with E-state index in [0.717, 1.165) is 49.2 Å². The minimum Gasteiger partial charge on any atom is -0.354 e. The predicted octanol–water partition coefficient (Wildman–Crippen LogP) is 5.61. The molecule has 230 valence electrons. The molecule has 5 rings (SSSR count). The Bertz CT molecular complexity index is 1600. The molecule has 1 N–H and O–H groups in total. The molecule has 2 fully saturated rings. The molecule has 3 heterocycles. The van der Waals surface area contributed by atoms with Crippen LogP contribution in [-0.2, 0) is 27.5 Å². The SMILES string of the molecule is CC1CCCN1c1cc(CNC(=O)[C@@H]2CC(F)(F)CN2S(=O)(=O)c2ccc(F)cc2)cc(-c2ccc(C(F)(F)F)cc2)n1. The zero-order chi connectivity index (χ0) is 31.2. The Morgan fingerprint density at radius 2 is 1.74 bits per heavy atom. The molecule has 2 aromatic carbocycles. The molecule has 43 heavy (non-hydrogen) atoms. The van der Waals surface area contributed by atoms with Gasteiger partial charge in [0.25, 0.3) is 5.92 Å². The number of amides is 1. The number of carbonyl (C=O) groups is 1. The number of rotatable bonds is 7. The van der Waals surface area contributed by atoms with Crippen molar-refractivity contribution in [2.75, 3.05) is 18.0 Å². The molecule has 1 amide bonds. The van der Waals surface area contributed by atoms with Crippen molar-refractivity contribution in [3.05, 3.63) is 77.6 Å². The van der Waals surface area contributed by atoms with Crippen LogP contribution in [-0.4, -0.2) is 54.7 Å². The normalized spacial score (nSPS) is 20.9. The van der Waals surface area contributed by atoms with Gasteiger partial charge < -0.3 is 10.2 Å². The highest BCUT2D eigenvalue weighted by atomic mass is 32.2. The molecule has 1 aromatic heterocycles. The Balaban J connectivity index is 1.41. The van der Waals surface area contributed by atoms with Crippen LogP contribution in [0.1, 0.15) is 37.3 Å². The van der Waals surface area contributed by atoms with E-state index in [-0.39, 0.29) is 12.6 Å². The molecule has 3 aromatic rings.